The Morgan fingerprint density at radius 2 is 1.85 bits per heavy atom. The first-order valence-electron chi connectivity index (χ1n) is 11.4. The van der Waals surface area contributed by atoms with E-state index in [1.807, 2.05) is 51.1 Å². The zero-order valence-corrected chi connectivity index (χ0v) is 19.6. The number of ketones is 1. The Labute approximate surface area is 199 Å². The van der Waals surface area contributed by atoms with Gasteiger partial charge in [0.2, 0.25) is 0 Å². The Morgan fingerprint density at radius 1 is 1.09 bits per heavy atom. The van der Waals surface area contributed by atoms with Gasteiger partial charge >= 0.3 is 0 Å². The van der Waals surface area contributed by atoms with Crippen LogP contribution in [0.2, 0.25) is 0 Å². The van der Waals surface area contributed by atoms with E-state index >= 15 is 0 Å². The van der Waals surface area contributed by atoms with Crippen molar-refractivity contribution in [2.24, 2.45) is 0 Å². The van der Waals surface area contributed by atoms with Crippen LogP contribution in [0.1, 0.15) is 47.2 Å². The van der Waals surface area contributed by atoms with Crippen LogP contribution in [0, 0.1) is 13.8 Å². The average molecular weight is 457 g/mol. The van der Waals surface area contributed by atoms with Crippen molar-refractivity contribution in [3.63, 3.8) is 0 Å². The lowest BCUT2D eigenvalue weighted by atomic mass is 9.94. The molecule has 1 aromatic heterocycles. The van der Waals surface area contributed by atoms with E-state index in [0.29, 0.717) is 12.2 Å². The maximum atomic E-state index is 13.2. The molecule has 2 heterocycles. The molecule has 1 amide bonds. The first-order chi connectivity index (χ1) is 16.4. The summed E-state index contributed by atoms with van der Waals surface area (Å²) in [5.74, 6) is -0.806. The van der Waals surface area contributed by atoms with E-state index in [1.165, 1.54) is 4.90 Å². The van der Waals surface area contributed by atoms with Crippen LogP contribution in [0.5, 0.6) is 5.75 Å². The van der Waals surface area contributed by atoms with Crippen molar-refractivity contribution >= 4 is 17.4 Å². The van der Waals surface area contributed by atoms with Gasteiger partial charge in [0.1, 0.15) is 11.5 Å². The van der Waals surface area contributed by atoms with Gasteiger partial charge < -0.3 is 14.7 Å². The third-order valence-corrected chi connectivity index (χ3v) is 5.92. The lowest BCUT2D eigenvalue weighted by Gasteiger charge is -2.25. The largest absolute Gasteiger partial charge is 0.507 e. The summed E-state index contributed by atoms with van der Waals surface area (Å²) in [5.41, 5.74) is 4.02. The molecule has 4 rings (SSSR count). The molecule has 6 nitrogen and oxygen atoms in total. The van der Waals surface area contributed by atoms with Gasteiger partial charge in [-0.1, -0.05) is 42.8 Å². The number of nitrogens with zero attached hydrogens (tertiary/aromatic N) is 2. The number of amides is 1. The van der Waals surface area contributed by atoms with Crippen molar-refractivity contribution in [3.05, 3.63) is 100 Å². The molecule has 0 bridgehead atoms. The van der Waals surface area contributed by atoms with Crippen LogP contribution < -0.4 is 4.74 Å². The van der Waals surface area contributed by atoms with E-state index in [0.717, 1.165) is 34.4 Å². The molecule has 6 heteroatoms. The molecular formula is C28H28N2O4. The van der Waals surface area contributed by atoms with Crippen LogP contribution in [-0.4, -0.2) is 33.3 Å². The molecular weight excluding hydrogens is 428 g/mol. The highest BCUT2D eigenvalue weighted by molar-refractivity contribution is 6.46. The quantitative estimate of drug-likeness (QED) is 0.304. The number of ether oxygens (including phenoxy) is 1. The van der Waals surface area contributed by atoms with Gasteiger partial charge in [0, 0.05) is 24.5 Å². The van der Waals surface area contributed by atoms with Crippen molar-refractivity contribution in [3.8, 4) is 5.75 Å². The predicted octanol–water partition coefficient (Wildman–Crippen LogP) is 5.11. The fraction of sp³-hybridized carbons (Fsp3) is 0.250. The van der Waals surface area contributed by atoms with Gasteiger partial charge in [-0.3, -0.25) is 14.6 Å². The molecule has 1 aliphatic heterocycles. The SMILES string of the molecule is CCCOc1ccc(C(O)=C2C(=O)C(=O)N(Cc3cccnc3)[C@@H]2c2ccc(C)cc2)cc1C. The monoisotopic (exact) mass is 456 g/mol. The third-order valence-electron chi connectivity index (χ3n) is 5.92. The molecule has 1 N–H and O–H groups in total. The van der Waals surface area contributed by atoms with E-state index in [-0.39, 0.29) is 17.9 Å². The highest BCUT2D eigenvalue weighted by Crippen LogP contribution is 2.40. The fourth-order valence-electron chi connectivity index (χ4n) is 4.15. The Kier molecular flexibility index (Phi) is 6.77. The van der Waals surface area contributed by atoms with E-state index in [1.54, 1.807) is 36.7 Å². The number of aliphatic hydroxyl groups is 1. The number of benzene rings is 2. The molecule has 174 valence electrons. The molecule has 0 radical (unpaired) electrons. The number of Topliss-reactive ketones (excluding diaryl/α,β-unsaturated/α-hetero) is 1. The topological polar surface area (TPSA) is 79.7 Å². The zero-order valence-electron chi connectivity index (χ0n) is 19.6. The van der Waals surface area contributed by atoms with Gasteiger partial charge in [-0.15, -0.1) is 0 Å². The normalized spacial score (nSPS) is 17.3. The number of likely N-dealkylation sites (tertiary alicyclic amines) is 1. The van der Waals surface area contributed by atoms with E-state index < -0.39 is 17.7 Å². The van der Waals surface area contributed by atoms with Crippen LogP contribution in [-0.2, 0) is 16.1 Å². The van der Waals surface area contributed by atoms with Gasteiger partial charge in [0.25, 0.3) is 11.7 Å². The molecule has 0 unspecified atom stereocenters. The number of aliphatic hydroxyl groups excluding tert-OH is 1. The number of carbonyl (C=O) groups excluding carboxylic acids is 2. The first-order valence-corrected chi connectivity index (χ1v) is 11.4. The molecule has 1 aliphatic rings. The highest BCUT2D eigenvalue weighted by Gasteiger charge is 2.46. The second kappa shape index (κ2) is 9.91. The van der Waals surface area contributed by atoms with Gasteiger partial charge in [-0.25, -0.2) is 0 Å². The smallest absolute Gasteiger partial charge is 0.295 e. The van der Waals surface area contributed by atoms with Crippen LogP contribution >= 0.6 is 0 Å². The maximum Gasteiger partial charge on any atom is 0.295 e. The number of rotatable bonds is 7. The third kappa shape index (κ3) is 4.57. The summed E-state index contributed by atoms with van der Waals surface area (Å²) in [6.45, 7) is 6.70. The Balaban J connectivity index is 1.81. The molecule has 1 fully saturated rings. The van der Waals surface area contributed by atoms with Crippen LogP contribution in [0.4, 0.5) is 0 Å². The van der Waals surface area contributed by atoms with Crippen molar-refractivity contribution in [1.29, 1.82) is 0 Å². The van der Waals surface area contributed by atoms with Crippen molar-refractivity contribution in [1.82, 2.24) is 9.88 Å². The van der Waals surface area contributed by atoms with Crippen molar-refractivity contribution < 1.29 is 19.4 Å². The average Bonchev–Trinajstić information content (AvgIpc) is 3.09. The number of carbonyl (C=O) groups is 2. The lowest BCUT2D eigenvalue weighted by molar-refractivity contribution is -0.140. The standard InChI is InChI=1S/C28H28N2O4/c1-4-14-34-23-12-11-22(15-19(23)3)26(31)24-25(21-9-7-18(2)8-10-21)30(28(33)27(24)32)17-20-6-5-13-29-16-20/h5-13,15-16,25,31H,4,14,17H2,1-3H3/t25-/m1/s1. The van der Waals surface area contributed by atoms with Gasteiger partial charge in [-0.2, -0.15) is 0 Å². The minimum absolute atomic E-state index is 0.0827. The van der Waals surface area contributed by atoms with Gasteiger partial charge in [-0.05, 0) is 61.2 Å². The first kappa shape index (κ1) is 23.2. The Morgan fingerprint density at radius 3 is 2.50 bits per heavy atom. The van der Waals surface area contributed by atoms with E-state index in [2.05, 4.69) is 4.98 Å². The molecule has 0 saturated carbocycles. The second-order valence-corrected chi connectivity index (χ2v) is 8.53. The minimum Gasteiger partial charge on any atom is -0.507 e. The molecule has 0 aliphatic carbocycles. The maximum absolute atomic E-state index is 13.2. The summed E-state index contributed by atoms with van der Waals surface area (Å²) in [6, 6.07) is 15.9. The molecule has 3 aromatic rings. The fourth-order valence-corrected chi connectivity index (χ4v) is 4.15. The summed E-state index contributed by atoms with van der Waals surface area (Å²) in [6.07, 6.45) is 4.22. The molecule has 1 saturated heterocycles. The zero-order chi connectivity index (χ0) is 24.2. The van der Waals surface area contributed by atoms with Gasteiger partial charge in [0.15, 0.2) is 0 Å². The summed E-state index contributed by atoms with van der Waals surface area (Å²) in [7, 11) is 0. The Bertz CT molecular complexity index is 1230. The summed E-state index contributed by atoms with van der Waals surface area (Å²) in [4.78, 5) is 32.0. The predicted molar refractivity (Wildman–Crippen MR) is 130 cm³/mol. The number of pyridine rings is 1. The van der Waals surface area contributed by atoms with Crippen molar-refractivity contribution in [2.45, 2.75) is 39.8 Å². The Hall–Kier alpha value is -3.93. The van der Waals surface area contributed by atoms with Gasteiger partial charge in [0.05, 0.1) is 18.2 Å². The number of aromatic nitrogens is 1. The number of hydrogen-bond acceptors (Lipinski definition) is 5. The summed E-state index contributed by atoms with van der Waals surface area (Å²) in [5, 5.41) is 11.3. The van der Waals surface area contributed by atoms with Crippen LogP contribution in [0.3, 0.4) is 0 Å². The minimum atomic E-state index is -0.711. The molecule has 1 atom stereocenters. The molecule has 34 heavy (non-hydrogen) atoms. The van der Waals surface area contributed by atoms with Crippen molar-refractivity contribution in [2.75, 3.05) is 6.61 Å². The molecule has 0 spiro atoms. The van der Waals surface area contributed by atoms with Crippen LogP contribution in [0.15, 0.2) is 72.6 Å². The summed E-state index contributed by atoms with van der Waals surface area (Å²) < 4.78 is 5.74. The lowest BCUT2D eigenvalue weighted by Crippen LogP contribution is -2.29. The van der Waals surface area contributed by atoms with E-state index in [4.69, 9.17) is 4.74 Å². The summed E-state index contributed by atoms with van der Waals surface area (Å²) >= 11 is 0. The second-order valence-electron chi connectivity index (χ2n) is 8.53. The number of aryl methyl sites for hydroxylation is 2. The number of hydrogen-bond donors (Lipinski definition) is 1. The highest BCUT2D eigenvalue weighted by atomic mass is 16.5. The van der Waals surface area contributed by atoms with E-state index in [9.17, 15) is 14.7 Å². The van der Waals surface area contributed by atoms with Crippen LogP contribution in [0.25, 0.3) is 5.76 Å². The molecule has 2 aromatic carbocycles.